The first-order valence-electron chi connectivity index (χ1n) is 8.34. The number of nitrogens with zero attached hydrogens (tertiary/aromatic N) is 1. The molecule has 1 heterocycles. The molecule has 0 radical (unpaired) electrons. The summed E-state index contributed by atoms with van der Waals surface area (Å²) in [7, 11) is 0. The lowest BCUT2D eigenvalue weighted by Crippen LogP contribution is -2.50. The molecule has 2 unspecified atom stereocenters. The minimum atomic E-state index is -0.864. The van der Waals surface area contributed by atoms with Crippen LogP contribution >= 0.6 is 0 Å². The van der Waals surface area contributed by atoms with Gasteiger partial charge in [0.15, 0.2) is 0 Å². The Morgan fingerprint density at radius 1 is 1.26 bits per heavy atom. The van der Waals surface area contributed by atoms with E-state index in [2.05, 4.69) is 10.6 Å². The van der Waals surface area contributed by atoms with Crippen LogP contribution in [-0.4, -0.2) is 53.6 Å². The third-order valence-electron chi connectivity index (χ3n) is 3.92. The first-order valence-corrected chi connectivity index (χ1v) is 8.34. The van der Waals surface area contributed by atoms with E-state index >= 15 is 0 Å². The Bertz CT molecular complexity index is 426. The van der Waals surface area contributed by atoms with Gasteiger partial charge in [0.1, 0.15) is 0 Å². The summed E-state index contributed by atoms with van der Waals surface area (Å²) in [4.78, 5) is 36.6. The van der Waals surface area contributed by atoms with Crippen molar-refractivity contribution in [2.24, 2.45) is 11.8 Å². The van der Waals surface area contributed by atoms with Gasteiger partial charge >= 0.3 is 12.0 Å². The summed E-state index contributed by atoms with van der Waals surface area (Å²) in [5.74, 6) is -0.792. The van der Waals surface area contributed by atoms with Gasteiger partial charge in [-0.25, -0.2) is 4.79 Å². The van der Waals surface area contributed by atoms with Crippen LogP contribution in [0.2, 0.25) is 0 Å². The zero-order valence-corrected chi connectivity index (χ0v) is 14.3. The summed E-state index contributed by atoms with van der Waals surface area (Å²) in [5, 5.41) is 14.4. The maximum atomic E-state index is 12.3. The zero-order chi connectivity index (χ0) is 17.4. The SMILES string of the molecule is CC(C)CNC(=O)N1CCCC(C(=O)NC(C)CCC(=O)O)C1. The third kappa shape index (κ3) is 7.34. The molecular weight excluding hydrogens is 298 g/mol. The number of hydrogen-bond donors (Lipinski definition) is 3. The fourth-order valence-corrected chi connectivity index (χ4v) is 2.55. The highest BCUT2D eigenvalue weighted by molar-refractivity contribution is 5.81. The summed E-state index contributed by atoms with van der Waals surface area (Å²) < 4.78 is 0. The zero-order valence-electron chi connectivity index (χ0n) is 14.3. The molecule has 1 aliphatic heterocycles. The molecule has 0 spiro atoms. The van der Waals surface area contributed by atoms with Crippen molar-refractivity contribution in [3.05, 3.63) is 0 Å². The van der Waals surface area contributed by atoms with Crippen molar-refractivity contribution in [2.45, 2.75) is 52.5 Å². The molecule has 23 heavy (non-hydrogen) atoms. The van der Waals surface area contributed by atoms with Crippen molar-refractivity contribution in [1.29, 1.82) is 0 Å². The average molecular weight is 327 g/mol. The number of nitrogens with one attached hydrogen (secondary N) is 2. The number of carbonyl (C=O) groups is 3. The predicted octanol–water partition coefficient (Wildman–Crippen LogP) is 1.43. The lowest BCUT2D eigenvalue weighted by Gasteiger charge is -2.32. The molecule has 0 aromatic heterocycles. The van der Waals surface area contributed by atoms with E-state index in [0.717, 1.165) is 12.8 Å². The van der Waals surface area contributed by atoms with E-state index < -0.39 is 5.97 Å². The molecule has 0 aliphatic carbocycles. The molecule has 3 N–H and O–H groups in total. The predicted molar refractivity (Wildman–Crippen MR) is 87.0 cm³/mol. The van der Waals surface area contributed by atoms with Gasteiger partial charge in [-0.3, -0.25) is 9.59 Å². The molecule has 0 aromatic carbocycles. The monoisotopic (exact) mass is 327 g/mol. The number of aliphatic carboxylic acids is 1. The summed E-state index contributed by atoms with van der Waals surface area (Å²) in [6.45, 7) is 7.58. The van der Waals surface area contributed by atoms with Gasteiger partial charge in [-0.15, -0.1) is 0 Å². The number of carboxylic acid groups (broad SMARTS) is 1. The van der Waals surface area contributed by atoms with E-state index in [0.29, 0.717) is 32.0 Å². The van der Waals surface area contributed by atoms with Gasteiger partial charge in [0.2, 0.25) is 5.91 Å². The van der Waals surface area contributed by atoms with E-state index in [1.165, 1.54) is 0 Å². The molecule has 0 aromatic rings. The smallest absolute Gasteiger partial charge is 0.317 e. The van der Waals surface area contributed by atoms with Gasteiger partial charge in [0, 0.05) is 32.1 Å². The van der Waals surface area contributed by atoms with Crippen LogP contribution in [0.4, 0.5) is 4.79 Å². The van der Waals surface area contributed by atoms with Crippen molar-refractivity contribution in [1.82, 2.24) is 15.5 Å². The Kier molecular flexibility index (Phi) is 7.85. The Morgan fingerprint density at radius 2 is 1.96 bits per heavy atom. The summed E-state index contributed by atoms with van der Waals surface area (Å²) in [6, 6.07) is -0.293. The number of rotatable bonds is 7. The second kappa shape index (κ2) is 9.37. The molecule has 7 nitrogen and oxygen atoms in total. The first-order chi connectivity index (χ1) is 10.8. The lowest BCUT2D eigenvalue weighted by molar-refractivity contribution is -0.137. The topological polar surface area (TPSA) is 98.7 Å². The van der Waals surface area contributed by atoms with Crippen LogP contribution in [0.5, 0.6) is 0 Å². The Hall–Kier alpha value is -1.79. The number of carbonyl (C=O) groups excluding carboxylic acids is 2. The summed E-state index contributed by atoms with van der Waals surface area (Å²) >= 11 is 0. The van der Waals surface area contributed by atoms with Crippen molar-refractivity contribution in [3.63, 3.8) is 0 Å². The Morgan fingerprint density at radius 3 is 2.57 bits per heavy atom. The van der Waals surface area contributed by atoms with Crippen LogP contribution < -0.4 is 10.6 Å². The highest BCUT2D eigenvalue weighted by atomic mass is 16.4. The fraction of sp³-hybridized carbons (Fsp3) is 0.812. The minimum absolute atomic E-state index is 0.0375. The minimum Gasteiger partial charge on any atom is -0.481 e. The second-order valence-electron chi connectivity index (χ2n) is 6.71. The molecule has 1 rings (SSSR count). The van der Waals surface area contributed by atoms with E-state index in [9.17, 15) is 14.4 Å². The average Bonchev–Trinajstić information content (AvgIpc) is 2.50. The maximum absolute atomic E-state index is 12.3. The largest absolute Gasteiger partial charge is 0.481 e. The molecule has 1 fully saturated rings. The van der Waals surface area contributed by atoms with E-state index in [4.69, 9.17) is 5.11 Å². The van der Waals surface area contributed by atoms with Crippen LogP contribution in [0.25, 0.3) is 0 Å². The third-order valence-corrected chi connectivity index (χ3v) is 3.92. The van der Waals surface area contributed by atoms with Crippen LogP contribution in [-0.2, 0) is 9.59 Å². The number of likely N-dealkylation sites (tertiary alicyclic amines) is 1. The van der Waals surface area contributed by atoms with Crippen molar-refractivity contribution >= 4 is 17.9 Å². The fourth-order valence-electron chi connectivity index (χ4n) is 2.55. The van der Waals surface area contributed by atoms with Crippen molar-refractivity contribution < 1.29 is 19.5 Å². The van der Waals surface area contributed by atoms with Crippen LogP contribution in [0, 0.1) is 11.8 Å². The van der Waals surface area contributed by atoms with E-state index in [1.54, 1.807) is 11.8 Å². The number of amides is 3. The Balaban J connectivity index is 2.42. The molecule has 2 atom stereocenters. The van der Waals surface area contributed by atoms with Crippen LogP contribution in [0.3, 0.4) is 0 Å². The van der Waals surface area contributed by atoms with Crippen molar-refractivity contribution in [2.75, 3.05) is 19.6 Å². The molecule has 7 heteroatoms. The van der Waals surface area contributed by atoms with Gasteiger partial charge < -0.3 is 20.6 Å². The lowest BCUT2D eigenvalue weighted by atomic mass is 9.97. The van der Waals surface area contributed by atoms with Crippen LogP contribution in [0.15, 0.2) is 0 Å². The number of hydrogen-bond acceptors (Lipinski definition) is 3. The van der Waals surface area contributed by atoms with Gasteiger partial charge in [-0.05, 0) is 32.1 Å². The molecule has 0 saturated carbocycles. The highest BCUT2D eigenvalue weighted by Crippen LogP contribution is 2.17. The van der Waals surface area contributed by atoms with Gasteiger partial charge in [0.05, 0.1) is 5.92 Å². The molecule has 1 saturated heterocycles. The quantitative estimate of drug-likeness (QED) is 0.659. The Labute approximate surface area is 137 Å². The maximum Gasteiger partial charge on any atom is 0.317 e. The van der Waals surface area contributed by atoms with E-state index in [-0.39, 0.29) is 30.3 Å². The molecule has 0 bridgehead atoms. The normalized spacial score (nSPS) is 19.3. The summed E-state index contributed by atoms with van der Waals surface area (Å²) in [5.41, 5.74) is 0. The van der Waals surface area contributed by atoms with Crippen molar-refractivity contribution in [3.8, 4) is 0 Å². The molecule has 132 valence electrons. The summed E-state index contributed by atoms with van der Waals surface area (Å²) in [6.07, 6.45) is 2.00. The van der Waals surface area contributed by atoms with Crippen LogP contribution in [0.1, 0.15) is 46.5 Å². The number of piperidine rings is 1. The standard InChI is InChI=1S/C16H29N3O4/c1-11(2)9-17-16(23)19-8-4-5-13(10-19)15(22)18-12(3)6-7-14(20)21/h11-13H,4-10H2,1-3H3,(H,17,23)(H,18,22)(H,20,21). The molecule has 1 aliphatic rings. The highest BCUT2D eigenvalue weighted by Gasteiger charge is 2.29. The first kappa shape index (κ1) is 19.3. The number of carboxylic acids is 1. The van der Waals surface area contributed by atoms with E-state index in [1.807, 2.05) is 13.8 Å². The molecule has 3 amide bonds. The van der Waals surface area contributed by atoms with Gasteiger partial charge in [-0.2, -0.15) is 0 Å². The van der Waals surface area contributed by atoms with Gasteiger partial charge in [0.25, 0.3) is 0 Å². The molecular formula is C16H29N3O4. The number of urea groups is 1. The second-order valence-corrected chi connectivity index (χ2v) is 6.71. The van der Waals surface area contributed by atoms with Gasteiger partial charge in [-0.1, -0.05) is 13.8 Å².